The number of benzene rings is 2. The predicted octanol–water partition coefficient (Wildman–Crippen LogP) is 4.36. The van der Waals surface area contributed by atoms with Gasteiger partial charge in [0.05, 0.1) is 16.8 Å². The summed E-state index contributed by atoms with van der Waals surface area (Å²) in [7, 11) is 0. The number of nitrogens with one attached hydrogen (secondary N) is 2. The maximum absolute atomic E-state index is 12.6. The van der Waals surface area contributed by atoms with E-state index in [-0.39, 0.29) is 23.6 Å². The van der Waals surface area contributed by atoms with Crippen LogP contribution < -0.4 is 10.6 Å². The minimum absolute atomic E-state index is 0.0428. The van der Waals surface area contributed by atoms with Crippen molar-refractivity contribution in [2.75, 3.05) is 11.9 Å². The van der Waals surface area contributed by atoms with Crippen molar-refractivity contribution in [3.8, 4) is 0 Å². The zero-order valence-electron chi connectivity index (χ0n) is 18.5. The van der Waals surface area contributed by atoms with Gasteiger partial charge in [-0.05, 0) is 50.1 Å². The van der Waals surface area contributed by atoms with Gasteiger partial charge in [0.2, 0.25) is 5.91 Å². The summed E-state index contributed by atoms with van der Waals surface area (Å²) in [4.78, 5) is 29.5. The molecular formula is C24H22F3N5O2. The number of para-hydroxylation sites is 1. The summed E-state index contributed by atoms with van der Waals surface area (Å²) in [5.74, 6) is -1.29. The van der Waals surface area contributed by atoms with Crippen molar-refractivity contribution in [1.82, 2.24) is 19.9 Å². The zero-order valence-corrected chi connectivity index (χ0v) is 18.5. The molecule has 0 saturated carbocycles. The number of fused-ring (bicyclic) bond motifs is 3. The number of carbonyl (C=O) groups excluding carboxylic acids is 2. The molecule has 0 bridgehead atoms. The lowest BCUT2D eigenvalue weighted by atomic mass is 10.1. The number of rotatable bonds is 6. The van der Waals surface area contributed by atoms with Crippen molar-refractivity contribution in [3.05, 3.63) is 71.0 Å². The van der Waals surface area contributed by atoms with Gasteiger partial charge in [-0.2, -0.15) is 18.3 Å². The Morgan fingerprint density at radius 1 is 1.03 bits per heavy atom. The van der Waals surface area contributed by atoms with E-state index in [2.05, 4.69) is 15.4 Å². The van der Waals surface area contributed by atoms with Crippen LogP contribution in [0.15, 0.2) is 48.5 Å². The molecule has 2 aromatic heterocycles. The van der Waals surface area contributed by atoms with E-state index in [9.17, 15) is 22.8 Å². The van der Waals surface area contributed by atoms with Crippen molar-refractivity contribution in [1.29, 1.82) is 0 Å². The lowest BCUT2D eigenvalue weighted by Gasteiger charge is -2.13. The Labute approximate surface area is 193 Å². The van der Waals surface area contributed by atoms with E-state index in [0.29, 0.717) is 6.42 Å². The highest BCUT2D eigenvalue weighted by Crippen LogP contribution is 2.23. The van der Waals surface area contributed by atoms with Gasteiger partial charge < -0.3 is 10.6 Å². The number of nitrogens with zero attached hydrogens (tertiary/aromatic N) is 3. The third-order valence-corrected chi connectivity index (χ3v) is 5.52. The minimum Gasteiger partial charge on any atom is -0.343 e. The van der Waals surface area contributed by atoms with Crippen molar-refractivity contribution in [2.45, 2.75) is 32.9 Å². The van der Waals surface area contributed by atoms with Gasteiger partial charge in [-0.3, -0.25) is 9.59 Å². The second-order valence-corrected chi connectivity index (χ2v) is 7.91. The maximum Gasteiger partial charge on any atom is 0.405 e. The van der Waals surface area contributed by atoms with Crippen LogP contribution in [0.25, 0.3) is 16.6 Å². The van der Waals surface area contributed by atoms with Gasteiger partial charge in [-0.15, -0.1) is 0 Å². The molecule has 0 aliphatic heterocycles. The van der Waals surface area contributed by atoms with Crippen molar-refractivity contribution in [3.63, 3.8) is 0 Å². The van der Waals surface area contributed by atoms with Gasteiger partial charge in [-0.25, -0.2) is 9.50 Å². The molecule has 0 spiro atoms. The Morgan fingerprint density at radius 2 is 1.74 bits per heavy atom. The highest BCUT2D eigenvalue weighted by molar-refractivity contribution is 6.03. The second kappa shape index (κ2) is 9.12. The van der Waals surface area contributed by atoms with E-state index in [0.717, 1.165) is 33.5 Å². The summed E-state index contributed by atoms with van der Waals surface area (Å²) < 4.78 is 39.1. The molecule has 0 aliphatic carbocycles. The first-order valence-corrected chi connectivity index (χ1v) is 10.6. The molecule has 0 unspecified atom stereocenters. The van der Waals surface area contributed by atoms with E-state index in [4.69, 9.17) is 0 Å². The third kappa shape index (κ3) is 4.85. The summed E-state index contributed by atoms with van der Waals surface area (Å²) in [5, 5.41) is 10.0. The van der Waals surface area contributed by atoms with E-state index >= 15 is 0 Å². The highest BCUT2D eigenvalue weighted by atomic mass is 19.4. The number of aromatic nitrogens is 3. The molecule has 2 amide bonds. The van der Waals surface area contributed by atoms with Crippen LogP contribution in [-0.2, 0) is 11.2 Å². The van der Waals surface area contributed by atoms with Crippen LogP contribution >= 0.6 is 0 Å². The van der Waals surface area contributed by atoms with Crippen LogP contribution in [0, 0.1) is 13.8 Å². The number of aryl methyl sites for hydroxylation is 2. The lowest BCUT2D eigenvalue weighted by molar-refractivity contribution is -0.123. The fraction of sp³-hybridized carbons (Fsp3) is 0.250. The molecule has 2 aromatic carbocycles. The molecule has 0 fully saturated rings. The first-order chi connectivity index (χ1) is 16.1. The monoisotopic (exact) mass is 469 g/mol. The van der Waals surface area contributed by atoms with Gasteiger partial charge in [0, 0.05) is 23.2 Å². The third-order valence-electron chi connectivity index (χ3n) is 5.52. The molecule has 4 aromatic rings. The first kappa shape index (κ1) is 23.2. The fourth-order valence-corrected chi connectivity index (χ4v) is 3.86. The molecule has 2 N–H and O–H groups in total. The Balaban J connectivity index is 1.49. The molecule has 34 heavy (non-hydrogen) atoms. The van der Waals surface area contributed by atoms with E-state index in [1.54, 1.807) is 10.6 Å². The Bertz CT molecular complexity index is 1390. The lowest BCUT2D eigenvalue weighted by Crippen LogP contribution is -2.34. The van der Waals surface area contributed by atoms with Crippen LogP contribution in [0.5, 0.6) is 0 Å². The number of hydrogen-bond acceptors (Lipinski definition) is 4. The normalized spacial score (nSPS) is 11.7. The number of carbonyl (C=O) groups is 2. The van der Waals surface area contributed by atoms with Gasteiger partial charge in [0.1, 0.15) is 6.54 Å². The zero-order chi connectivity index (χ0) is 24.5. The molecule has 0 aliphatic rings. The molecule has 10 heteroatoms. The summed E-state index contributed by atoms with van der Waals surface area (Å²) in [5.41, 5.74) is 4.22. The maximum atomic E-state index is 12.6. The summed E-state index contributed by atoms with van der Waals surface area (Å²) in [6.07, 6.45) is -4.06. The average Bonchev–Trinajstić information content (AvgIpc) is 3.16. The summed E-state index contributed by atoms with van der Waals surface area (Å²) >= 11 is 0. The van der Waals surface area contributed by atoms with Crippen molar-refractivity contribution >= 4 is 34.1 Å². The van der Waals surface area contributed by atoms with Crippen LogP contribution in [0.3, 0.4) is 0 Å². The van der Waals surface area contributed by atoms with Crippen LogP contribution in [0.2, 0.25) is 0 Å². The van der Waals surface area contributed by atoms with E-state index in [1.165, 1.54) is 18.2 Å². The topological polar surface area (TPSA) is 88.4 Å². The number of anilines is 1. The van der Waals surface area contributed by atoms with Gasteiger partial charge in [0.25, 0.3) is 5.91 Å². The SMILES string of the molecule is Cc1nc2c3ccccc3nn2c(C)c1CCC(=O)Nc1ccccc1C(=O)NCC(F)(F)F. The van der Waals surface area contributed by atoms with E-state index in [1.807, 2.05) is 43.4 Å². The molecule has 0 radical (unpaired) electrons. The Hall–Kier alpha value is -3.95. The highest BCUT2D eigenvalue weighted by Gasteiger charge is 2.28. The molecule has 0 atom stereocenters. The number of halogens is 3. The average molecular weight is 469 g/mol. The smallest absolute Gasteiger partial charge is 0.343 e. The minimum atomic E-state index is -4.53. The first-order valence-electron chi connectivity index (χ1n) is 10.6. The van der Waals surface area contributed by atoms with E-state index < -0.39 is 18.6 Å². The van der Waals surface area contributed by atoms with Crippen LogP contribution in [-0.4, -0.2) is 39.1 Å². The molecule has 176 valence electrons. The molecule has 0 saturated heterocycles. The predicted molar refractivity (Wildman–Crippen MR) is 122 cm³/mol. The number of hydrogen-bond donors (Lipinski definition) is 2. The Morgan fingerprint density at radius 3 is 2.50 bits per heavy atom. The van der Waals surface area contributed by atoms with Gasteiger partial charge >= 0.3 is 6.18 Å². The molecule has 7 nitrogen and oxygen atoms in total. The van der Waals surface area contributed by atoms with Crippen molar-refractivity contribution < 1.29 is 22.8 Å². The van der Waals surface area contributed by atoms with Crippen LogP contribution in [0.4, 0.5) is 18.9 Å². The number of alkyl halides is 3. The second-order valence-electron chi connectivity index (χ2n) is 7.91. The Kier molecular flexibility index (Phi) is 6.23. The van der Waals surface area contributed by atoms with Gasteiger partial charge in [-0.1, -0.05) is 24.3 Å². The van der Waals surface area contributed by atoms with Crippen molar-refractivity contribution in [2.24, 2.45) is 0 Å². The largest absolute Gasteiger partial charge is 0.405 e. The quantitative estimate of drug-likeness (QED) is 0.439. The number of amides is 2. The molecule has 4 rings (SSSR count). The van der Waals surface area contributed by atoms with Gasteiger partial charge in [0.15, 0.2) is 5.65 Å². The van der Waals surface area contributed by atoms with Crippen LogP contribution in [0.1, 0.15) is 33.7 Å². The summed E-state index contributed by atoms with van der Waals surface area (Å²) in [6.45, 7) is 2.34. The molecular weight excluding hydrogens is 447 g/mol. The summed E-state index contributed by atoms with van der Waals surface area (Å²) in [6, 6.07) is 13.6. The standard InChI is InChI=1S/C24H22F3N5O2/c1-14-16(15(2)32-22(29-14)17-7-3-6-10-20(17)31-32)11-12-21(33)30-19-9-5-4-8-18(19)23(34)28-13-24(25,26)27/h3-10H,11-13H2,1-2H3,(H,28,34)(H,30,33). The fourth-order valence-electron chi connectivity index (χ4n) is 3.86. The molecule has 2 heterocycles.